The summed E-state index contributed by atoms with van der Waals surface area (Å²) in [6.07, 6.45) is 1.34. The lowest BCUT2D eigenvalue weighted by Gasteiger charge is -2.25. The van der Waals surface area contributed by atoms with E-state index in [4.69, 9.17) is 5.11 Å². The van der Waals surface area contributed by atoms with Crippen LogP contribution in [0.4, 0.5) is 0 Å². The fraction of sp³-hybridized carbons (Fsp3) is 0.583. The smallest absolute Gasteiger partial charge is 0.321 e. The van der Waals surface area contributed by atoms with Crippen molar-refractivity contribution in [1.29, 1.82) is 0 Å². The van der Waals surface area contributed by atoms with Crippen LogP contribution >= 0.6 is 0 Å². The second-order valence-electron chi connectivity index (χ2n) is 4.60. The maximum absolute atomic E-state index is 12.7. The number of carbonyl (C=O) groups excluding carboxylic acids is 1. The molecule has 0 bridgehead atoms. The predicted octanol–water partition coefficient (Wildman–Crippen LogP) is -0.497. The molecule has 9 nitrogen and oxygen atoms in total. The third-order valence-corrected chi connectivity index (χ3v) is 5.04. The van der Waals surface area contributed by atoms with E-state index in [0.717, 1.165) is 4.31 Å². The summed E-state index contributed by atoms with van der Waals surface area (Å²) in [5.41, 5.74) is 0. The van der Waals surface area contributed by atoms with Crippen molar-refractivity contribution in [3.8, 4) is 0 Å². The summed E-state index contributed by atoms with van der Waals surface area (Å²) in [6, 6.07) is 0.0534. The first-order chi connectivity index (χ1) is 10.2. The number of nitrogens with zero attached hydrogens (tertiary/aromatic N) is 3. The van der Waals surface area contributed by atoms with Crippen molar-refractivity contribution in [2.45, 2.75) is 38.4 Å². The Balaban J connectivity index is 3.13. The molecular formula is C12H20N4O5S. The molecule has 1 rings (SSSR count). The molecule has 0 radical (unpaired) electrons. The van der Waals surface area contributed by atoms with Gasteiger partial charge in [-0.15, -0.1) is 0 Å². The average Bonchev–Trinajstić information content (AvgIpc) is 2.91. The van der Waals surface area contributed by atoms with Gasteiger partial charge in [0.25, 0.3) is 10.0 Å². The Hall–Kier alpha value is -1.94. The molecule has 1 unspecified atom stereocenters. The monoisotopic (exact) mass is 332 g/mol. The molecule has 0 fully saturated rings. The van der Waals surface area contributed by atoms with Crippen LogP contribution in [0.5, 0.6) is 0 Å². The van der Waals surface area contributed by atoms with Gasteiger partial charge in [-0.2, -0.15) is 9.40 Å². The molecule has 0 spiro atoms. The molecule has 0 aliphatic heterocycles. The minimum Gasteiger partial charge on any atom is -0.480 e. The Morgan fingerprint density at radius 2 is 2.14 bits per heavy atom. The van der Waals surface area contributed by atoms with Crippen molar-refractivity contribution in [2.75, 3.05) is 13.1 Å². The number of sulfonamides is 1. The number of hydrogen-bond acceptors (Lipinski definition) is 5. The zero-order valence-corrected chi connectivity index (χ0v) is 13.5. The summed E-state index contributed by atoms with van der Waals surface area (Å²) in [5.74, 6) is -1.59. The van der Waals surface area contributed by atoms with Crippen LogP contribution in [0.15, 0.2) is 17.3 Å². The van der Waals surface area contributed by atoms with Crippen molar-refractivity contribution >= 4 is 21.9 Å². The van der Waals surface area contributed by atoms with E-state index in [1.54, 1.807) is 6.92 Å². The summed E-state index contributed by atoms with van der Waals surface area (Å²) >= 11 is 0. The number of aromatic nitrogens is 2. The van der Waals surface area contributed by atoms with Crippen molar-refractivity contribution in [1.82, 2.24) is 19.4 Å². The molecule has 0 aliphatic carbocycles. The van der Waals surface area contributed by atoms with Gasteiger partial charge in [0.15, 0.2) is 5.03 Å². The van der Waals surface area contributed by atoms with Gasteiger partial charge in [0, 0.05) is 26.6 Å². The lowest BCUT2D eigenvalue weighted by Crippen LogP contribution is -2.47. The van der Waals surface area contributed by atoms with E-state index in [-0.39, 0.29) is 24.0 Å². The van der Waals surface area contributed by atoms with Crippen LogP contribution in [0, 0.1) is 0 Å². The van der Waals surface area contributed by atoms with Crippen molar-refractivity contribution in [2.24, 2.45) is 0 Å². The zero-order chi connectivity index (χ0) is 16.9. The summed E-state index contributed by atoms with van der Waals surface area (Å²) in [5, 5.41) is 15.4. The summed E-state index contributed by atoms with van der Waals surface area (Å²) in [4.78, 5) is 22.1. The Labute approximate surface area is 129 Å². The zero-order valence-electron chi connectivity index (χ0n) is 12.7. The Bertz CT molecular complexity index is 640. The number of aryl methyl sites for hydroxylation is 1. The minimum atomic E-state index is -4.04. The van der Waals surface area contributed by atoms with E-state index in [1.165, 1.54) is 30.8 Å². The number of carboxylic acid groups (broad SMARTS) is 1. The van der Waals surface area contributed by atoms with Crippen LogP contribution in [0.1, 0.15) is 20.8 Å². The highest BCUT2D eigenvalue weighted by atomic mass is 32.2. The van der Waals surface area contributed by atoms with Gasteiger partial charge in [-0.1, -0.05) is 0 Å². The average molecular weight is 332 g/mol. The van der Waals surface area contributed by atoms with Gasteiger partial charge in [-0.25, -0.2) is 8.42 Å². The van der Waals surface area contributed by atoms with Crippen LogP contribution < -0.4 is 5.32 Å². The molecule has 1 atom stereocenters. The molecule has 1 heterocycles. The molecule has 1 amide bonds. The molecule has 2 N–H and O–H groups in total. The fourth-order valence-corrected chi connectivity index (χ4v) is 3.64. The highest BCUT2D eigenvalue weighted by Crippen LogP contribution is 2.18. The first-order valence-electron chi connectivity index (χ1n) is 6.72. The lowest BCUT2D eigenvalue weighted by atomic mass is 10.3. The molecule has 1 aromatic rings. The molecule has 22 heavy (non-hydrogen) atoms. The normalized spacial score (nSPS) is 13.1. The van der Waals surface area contributed by atoms with Crippen molar-refractivity contribution < 1.29 is 23.1 Å². The number of nitrogens with one attached hydrogen (secondary N) is 1. The fourth-order valence-electron chi connectivity index (χ4n) is 1.88. The van der Waals surface area contributed by atoms with Crippen LogP contribution in [0.2, 0.25) is 0 Å². The molecule has 0 saturated heterocycles. The number of amides is 1. The van der Waals surface area contributed by atoms with Crippen LogP contribution in [-0.2, 0) is 26.2 Å². The first kappa shape index (κ1) is 18.1. The quantitative estimate of drug-likeness (QED) is 0.662. The molecule has 1 aromatic heterocycles. The summed E-state index contributed by atoms with van der Waals surface area (Å²) < 4.78 is 27.5. The molecular weight excluding hydrogens is 312 g/mol. The topological polar surface area (TPSA) is 122 Å². The van der Waals surface area contributed by atoms with E-state index in [2.05, 4.69) is 10.4 Å². The van der Waals surface area contributed by atoms with Crippen LogP contribution in [0.25, 0.3) is 0 Å². The standard InChI is InChI=1S/C12H20N4O5S/c1-4-15-11(5-6-14-15)22(20,21)16(9(2)12(18)19)8-7-13-10(3)17/h5-6,9H,4,7-8H2,1-3H3,(H,13,17)(H,18,19). The predicted molar refractivity (Wildman–Crippen MR) is 77.6 cm³/mol. The largest absolute Gasteiger partial charge is 0.480 e. The van der Waals surface area contributed by atoms with E-state index in [9.17, 15) is 18.0 Å². The maximum atomic E-state index is 12.7. The van der Waals surface area contributed by atoms with Gasteiger partial charge in [0.05, 0.1) is 6.20 Å². The van der Waals surface area contributed by atoms with Crippen LogP contribution in [-0.4, -0.2) is 58.6 Å². The van der Waals surface area contributed by atoms with Crippen LogP contribution in [0.3, 0.4) is 0 Å². The molecule has 124 valence electrons. The Morgan fingerprint density at radius 1 is 1.50 bits per heavy atom. The highest BCUT2D eigenvalue weighted by molar-refractivity contribution is 7.89. The third-order valence-electron chi connectivity index (χ3n) is 3.05. The highest BCUT2D eigenvalue weighted by Gasteiger charge is 2.34. The van der Waals surface area contributed by atoms with Gasteiger partial charge in [-0.05, 0) is 19.9 Å². The molecule has 0 aliphatic rings. The Morgan fingerprint density at radius 3 is 2.64 bits per heavy atom. The third kappa shape index (κ3) is 4.04. The first-order valence-corrected chi connectivity index (χ1v) is 8.16. The van der Waals surface area contributed by atoms with E-state index < -0.39 is 22.0 Å². The maximum Gasteiger partial charge on any atom is 0.321 e. The molecule has 0 aromatic carbocycles. The van der Waals surface area contributed by atoms with E-state index in [0.29, 0.717) is 6.54 Å². The second kappa shape index (κ2) is 7.36. The van der Waals surface area contributed by atoms with Gasteiger partial charge in [0.2, 0.25) is 5.91 Å². The van der Waals surface area contributed by atoms with Crippen molar-refractivity contribution in [3.63, 3.8) is 0 Å². The number of carboxylic acids is 1. The van der Waals surface area contributed by atoms with Gasteiger partial charge in [-0.3, -0.25) is 14.3 Å². The minimum absolute atomic E-state index is 0.0203. The second-order valence-corrected chi connectivity index (χ2v) is 6.44. The number of aliphatic carboxylic acids is 1. The number of hydrogen-bond donors (Lipinski definition) is 2. The van der Waals surface area contributed by atoms with Crippen molar-refractivity contribution in [3.05, 3.63) is 12.3 Å². The summed E-state index contributed by atoms with van der Waals surface area (Å²) in [7, 11) is -4.04. The SMILES string of the molecule is CCn1nccc1S(=O)(=O)N(CCNC(C)=O)C(C)C(=O)O. The summed E-state index contributed by atoms with van der Waals surface area (Å²) in [6.45, 7) is 4.51. The molecule has 0 saturated carbocycles. The number of carbonyl (C=O) groups is 2. The van der Waals surface area contributed by atoms with E-state index >= 15 is 0 Å². The van der Waals surface area contributed by atoms with Gasteiger partial charge < -0.3 is 10.4 Å². The lowest BCUT2D eigenvalue weighted by molar-refractivity contribution is -0.140. The van der Waals surface area contributed by atoms with Gasteiger partial charge in [0.1, 0.15) is 6.04 Å². The van der Waals surface area contributed by atoms with E-state index in [1.807, 2.05) is 0 Å². The Kier molecular flexibility index (Phi) is 6.06. The van der Waals surface area contributed by atoms with Gasteiger partial charge >= 0.3 is 5.97 Å². The number of rotatable bonds is 8. The molecule has 10 heteroatoms.